The molecule has 1 unspecified atom stereocenters. The largest absolute Gasteiger partial charge is 0.469 e. The van der Waals surface area contributed by atoms with E-state index in [2.05, 4.69) is 32.0 Å². The number of nitrogens with one attached hydrogen (secondary N) is 1. The highest BCUT2D eigenvalue weighted by Crippen LogP contribution is 2.03. The fraction of sp³-hybridized carbons (Fsp3) is 0.300. The van der Waals surface area contributed by atoms with Crippen LogP contribution in [0.2, 0.25) is 0 Å². The van der Waals surface area contributed by atoms with Crippen LogP contribution in [0.4, 0.5) is 0 Å². The summed E-state index contributed by atoms with van der Waals surface area (Å²) < 4.78 is 5.15. The quantitative estimate of drug-likeness (QED) is 0.836. The summed E-state index contributed by atoms with van der Waals surface area (Å²) in [5.74, 6) is 2.90. The first-order valence-electron chi connectivity index (χ1n) is 4.17. The molecule has 1 N–H and O–H groups in total. The summed E-state index contributed by atoms with van der Waals surface area (Å²) in [6, 6.07) is 3.71. The fourth-order valence-corrected chi connectivity index (χ4v) is 1.26. The standard InChI is InChI=1S/C10H10BrNO2/c1-8(12-10(13)4-5-11)7-9-3-2-6-14-9/h2-3,6,8H,7H2,1H3,(H,12,13). The van der Waals surface area contributed by atoms with Gasteiger partial charge in [-0.1, -0.05) is 0 Å². The number of hydrogen-bond donors (Lipinski definition) is 1. The number of amides is 1. The molecule has 0 saturated heterocycles. The molecule has 0 aliphatic heterocycles. The number of carbonyl (C=O) groups excluding carboxylic acids is 1. The molecular formula is C10H10BrNO2. The van der Waals surface area contributed by atoms with Gasteiger partial charge in [-0.05, 0) is 23.9 Å². The third-order valence-electron chi connectivity index (χ3n) is 1.63. The highest BCUT2D eigenvalue weighted by molar-refractivity contribution is 9.12. The molecule has 4 heteroatoms. The number of carbonyl (C=O) groups is 1. The van der Waals surface area contributed by atoms with Crippen LogP contribution < -0.4 is 5.32 Å². The molecule has 1 aromatic heterocycles. The Hall–Kier alpha value is -1.21. The summed E-state index contributed by atoms with van der Waals surface area (Å²) in [4.78, 5) is 13.4. The van der Waals surface area contributed by atoms with Gasteiger partial charge < -0.3 is 9.73 Å². The van der Waals surface area contributed by atoms with E-state index in [1.807, 2.05) is 19.1 Å². The number of halogens is 1. The Bertz CT molecular complexity index is 348. The Morgan fingerprint density at radius 1 is 1.79 bits per heavy atom. The Morgan fingerprint density at radius 3 is 3.14 bits per heavy atom. The zero-order valence-corrected chi connectivity index (χ0v) is 9.30. The number of furan rings is 1. The van der Waals surface area contributed by atoms with Gasteiger partial charge in [0.2, 0.25) is 0 Å². The molecule has 0 fully saturated rings. The zero-order chi connectivity index (χ0) is 10.4. The van der Waals surface area contributed by atoms with E-state index >= 15 is 0 Å². The lowest BCUT2D eigenvalue weighted by molar-refractivity contribution is -0.116. The van der Waals surface area contributed by atoms with Crippen molar-refractivity contribution in [1.29, 1.82) is 0 Å². The van der Waals surface area contributed by atoms with E-state index in [0.717, 1.165) is 5.76 Å². The normalized spacial score (nSPS) is 11.3. The molecule has 0 spiro atoms. The van der Waals surface area contributed by atoms with Crippen LogP contribution in [0, 0.1) is 10.8 Å². The second-order valence-corrected chi connectivity index (χ2v) is 3.27. The molecule has 1 rings (SSSR count). The molecule has 14 heavy (non-hydrogen) atoms. The average molecular weight is 256 g/mol. The molecule has 0 aromatic carbocycles. The molecule has 1 aromatic rings. The SMILES string of the molecule is CC(Cc1ccco1)NC(=O)C#CBr. The minimum Gasteiger partial charge on any atom is -0.469 e. The van der Waals surface area contributed by atoms with Crippen molar-refractivity contribution in [3.8, 4) is 10.8 Å². The lowest BCUT2D eigenvalue weighted by Crippen LogP contribution is -2.32. The van der Waals surface area contributed by atoms with E-state index in [9.17, 15) is 4.79 Å². The molecular weight excluding hydrogens is 246 g/mol. The van der Waals surface area contributed by atoms with Crippen molar-refractivity contribution in [3.63, 3.8) is 0 Å². The number of rotatable bonds is 3. The van der Waals surface area contributed by atoms with Crippen molar-refractivity contribution < 1.29 is 9.21 Å². The molecule has 0 aliphatic carbocycles. The summed E-state index contributed by atoms with van der Waals surface area (Å²) in [7, 11) is 0. The van der Waals surface area contributed by atoms with Gasteiger partial charge in [0.25, 0.3) is 5.91 Å². The van der Waals surface area contributed by atoms with Gasteiger partial charge in [-0.25, -0.2) is 0 Å². The molecule has 0 saturated carbocycles. The van der Waals surface area contributed by atoms with E-state index in [-0.39, 0.29) is 11.9 Å². The van der Waals surface area contributed by atoms with Gasteiger partial charge in [0.1, 0.15) is 5.76 Å². The summed E-state index contributed by atoms with van der Waals surface area (Å²) in [5, 5.41) is 2.72. The van der Waals surface area contributed by atoms with Gasteiger partial charge in [-0.3, -0.25) is 4.79 Å². The fourth-order valence-electron chi connectivity index (χ4n) is 1.08. The molecule has 74 valence electrons. The number of hydrogen-bond acceptors (Lipinski definition) is 2. The second kappa shape index (κ2) is 5.51. The summed E-state index contributed by atoms with van der Waals surface area (Å²) in [5.41, 5.74) is 0. The van der Waals surface area contributed by atoms with Gasteiger partial charge in [-0.2, -0.15) is 0 Å². The van der Waals surface area contributed by atoms with Crippen LogP contribution >= 0.6 is 15.9 Å². The lowest BCUT2D eigenvalue weighted by atomic mass is 10.2. The molecule has 1 amide bonds. The van der Waals surface area contributed by atoms with Crippen LogP contribution in [0.1, 0.15) is 12.7 Å². The second-order valence-electron chi connectivity index (χ2n) is 2.88. The van der Waals surface area contributed by atoms with Crippen LogP contribution in [0.15, 0.2) is 22.8 Å². The lowest BCUT2D eigenvalue weighted by Gasteiger charge is -2.08. The first-order chi connectivity index (χ1) is 6.72. The van der Waals surface area contributed by atoms with Crippen molar-refractivity contribution in [2.24, 2.45) is 0 Å². The minimum atomic E-state index is -0.291. The first-order valence-corrected chi connectivity index (χ1v) is 4.96. The van der Waals surface area contributed by atoms with E-state index in [4.69, 9.17) is 4.42 Å². The van der Waals surface area contributed by atoms with Crippen molar-refractivity contribution >= 4 is 21.8 Å². The topological polar surface area (TPSA) is 42.2 Å². The Morgan fingerprint density at radius 2 is 2.57 bits per heavy atom. The molecule has 0 aliphatic rings. The van der Waals surface area contributed by atoms with Crippen LogP contribution in [0.25, 0.3) is 0 Å². The third-order valence-corrected chi connectivity index (χ3v) is 1.82. The van der Waals surface area contributed by atoms with Crippen LogP contribution in [0.5, 0.6) is 0 Å². The molecule has 0 radical (unpaired) electrons. The predicted octanol–water partition coefficient (Wildman–Crippen LogP) is 1.68. The maximum absolute atomic E-state index is 11.0. The summed E-state index contributed by atoms with van der Waals surface area (Å²) in [6.45, 7) is 1.90. The van der Waals surface area contributed by atoms with Gasteiger partial charge in [-0.15, -0.1) is 0 Å². The van der Waals surface area contributed by atoms with E-state index < -0.39 is 0 Å². The molecule has 3 nitrogen and oxygen atoms in total. The summed E-state index contributed by atoms with van der Waals surface area (Å²) in [6.07, 6.45) is 2.28. The average Bonchev–Trinajstić information content (AvgIpc) is 2.56. The highest BCUT2D eigenvalue weighted by atomic mass is 79.9. The molecule has 1 heterocycles. The van der Waals surface area contributed by atoms with Gasteiger partial charge in [0, 0.05) is 34.3 Å². The van der Waals surface area contributed by atoms with Crippen molar-refractivity contribution in [2.45, 2.75) is 19.4 Å². The Kier molecular flexibility index (Phi) is 4.27. The van der Waals surface area contributed by atoms with Crippen molar-refractivity contribution in [1.82, 2.24) is 5.32 Å². The van der Waals surface area contributed by atoms with Crippen molar-refractivity contribution in [2.75, 3.05) is 0 Å². The predicted molar refractivity (Wildman–Crippen MR) is 56.7 cm³/mol. The maximum Gasteiger partial charge on any atom is 0.296 e. The van der Waals surface area contributed by atoms with E-state index in [1.165, 1.54) is 0 Å². The monoisotopic (exact) mass is 255 g/mol. The van der Waals surface area contributed by atoms with E-state index in [1.54, 1.807) is 6.26 Å². The van der Waals surface area contributed by atoms with Crippen molar-refractivity contribution in [3.05, 3.63) is 24.2 Å². The van der Waals surface area contributed by atoms with Gasteiger partial charge >= 0.3 is 0 Å². The zero-order valence-electron chi connectivity index (χ0n) is 7.71. The van der Waals surface area contributed by atoms with Gasteiger partial charge in [0.15, 0.2) is 0 Å². The van der Waals surface area contributed by atoms with Crippen LogP contribution in [0.3, 0.4) is 0 Å². The smallest absolute Gasteiger partial charge is 0.296 e. The highest BCUT2D eigenvalue weighted by Gasteiger charge is 2.07. The summed E-state index contributed by atoms with van der Waals surface area (Å²) >= 11 is 2.86. The molecule has 0 bridgehead atoms. The minimum absolute atomic E-state index is 0.0157. The maximum atomic E-state index is 11.0. The van der Waals surface area contributed by atoms with Gasteiger partial charge in [0.05, 0.1) is 6.26 Å². The van der Waals surface area contributed by atoms with Crippen LogP contribution in [-0.4, -0.2) is 11.9 Å². The first kappa shape index (κ1) is 10.9. The molecule has 1 atom stereocenters. The van der Waals surface area contributed by atoms with E-state index in [0.29, 0.717) is 6.42 Å². The van der Waals surface area contributed by atoms with Crippen LogP contribution in [-0.2, 0) is 11.2 Å². The Labute approximate surface area is 91.0 Å². The Balaban J connectivity index is 2.38. The third kappa shape index (κ3) is 3.67.